The lowest BCUT2D eigenvalue weighted by atomic mass is 9.95. The number of anilines is 1. The fourth-order valence-electron chi connectivity index (χ4n) is 5.48. The molecular formula is C34H43N3O6S. The van der Waals surface area contributed by atoms with Gasteiger partial charge in [-0.05, 0) is 62.9 Å². The molecule has 0 heterocycles. The van der Waals surface area contributed by atoms with Crippen LogP contribution in [0.2, 0.25) is 0 Å². The molecule has 1 atom stereocenters. The highest BCUT2D eigenvalue weighted by atomic mass is 32.2. The Hall–Kier alpha value is -4.05. The molecule has 44 heavy (non-hydrogen) atoms. The summed E-state index contributed by atoms with van der Waals surface area (Å²) in [5.74, 6) is -0.0737. The third kappa shape index (κ3) is 8.11. The normalized spacial score (nSPS) is 14.4. The van der Waals surface area contributed by atoms with Crippen LogP contribution in [0, 0.1) is 6.92 Å². The van der Waals surface area contributed by atoms with E-state index in [-0.39, 0.29) is 29.1 Å². The van der Waals surface area contributed by atoms with E-state index in [1.807, 2.05) is 37.3 Å². The lowest BCUT2D eigenvalue weighted by molar-refractivity contribution is -0.139. The van der Waals surface area contributed by atoms with Gasteiger partial charge < -0.3 is 19.7 Å². The SMILES string of the molecule is COc1ccc(S(=O)(=O)N(CC(=O)N(CCc2ccccc2)C(C)C(=O)NC2CCCCC2)c2ccc(C)cc2)cc1OC. The van der Waals surface area contributed by atoms with Crippen LogP contribution < -0.4 is 19.1 Å². The number of methoxy groups -OCH3 is 2. The van der Waals surface area contributed by atoms with E-state index in [4.69, 9.17) is 9.47 Å². The van der Waals surface area contributed by atoms with Crippen LogP contribution in [0.25, 0.3) is 0 Å². The van der Waals surface area contributed by atoms with Crippen LogP contribution in [0.1, 0.15) is 50.2 Å². The monoisotopic (exact) mass is 621 g/mol. The van der Waals surface area contributed by atoms with Crippen LogP contribution in [0.5, 0.6) is 11.5 Å². The number of nitrogens with one attached hydrogen (secondary N) is 1. The summed E-state index contributed by atoms with van der Waals surface area (Å²) in [4.78, 5) is 29.0. The lowest BCUT2D eigenvalue weighted by Gasteiger charge is -2.33. The molecule has 0 spiro atoms. The molecular weight excluding hydrogens is 578 g/mol. The first-order valence-corrected chi connectivity index (χ1v) is 16.5. The van der Waals surface area contributed by atoms with Crippen molar-refractivity contribution in [1.29, 1.82) is 0 Å². The minimum Gasteiger partial charge on any atom is -0.493 e. The quantitative estimate of drug-likeness (QED) is 0.284. The molecule has 0 aliphatic heterocycles. The van der Waals surface area contributed by atoms with Gasteiger partial charge in [0.25, 0.3) is 10.0 Å². The summed E-state index contributed by atoms with van der Waals surface area (Å²) in [6.45, 7) is 3.37. The third-order valence-electron chi connectivity index (χ3n) is 8.15. The van der Waals surface area contributed by atoms with E-state index in [1.54, 1.807) is 31.2 Å². The predicted molar refractivity (Wildman–Crippen MR) is 172 cm³/mol. The van der Waals surface area contributed by atoms with Crippen LogP contribution in [0.4, 0.5) is 5.69 Å². The summed E-state index contributed by atoms with van der Waals surface area (Å²) in [7, 11) is -1.34. The maximum absolute atomic E-state index is 14.2. The molecule has 3 aromatic carbocycles. The maximum atomic E-state index is 14.2. The van der Waals surface area contributed by atoms with Crippen LogP contribution in [0.3, 0.4) is 0 Å². The van der Waals surface area contributed by atoms with Gasteiger partial charge in [-0.25, -0.2) is 8.42 Å². The molecule has 0 radical (unpaired) electrons. The van der Waals surface area contributed by atoms with Crippen molar-refractivity contribution in [3.63, 3.8) is 0 Å². The first-order valence-electron chi connectivity index (χ1n) is 15.1. The van der Waals surface area contributed by atoms with Gasteiger partial charge in [-0.1, -0.05) is 67.3 Å². The van der Waals surface area contributed by atoms with Crippen molar-refractivity contribution in [2.24, 2.45) is 0 Å². The fourth-order valence-corrected chi connectivity index (χ4v) is 6.91. The first-order chi connectivity index (χ1) is 21.1. The number of amides is 2. The van der Waals surface area contributed by atoms with Crippen molar-refractivity contribution in [2.75, 3.05) is 31.6 Å². The largest absolute Gasteiger partial charge is 0.493 e. The Balaban J connectivity index is 1.66. The second kappa shape index (κ2) is 15.1. The number of ether oxygens (including phenoxy) is 2. The summed E-state index contributed by atoms with van der Waals surface area (Å²) in [5, 5.41) is 3.13. The van der Waals surface area contributed by atoms with Gasteiger partial charge in [-0.15, -0.1) is 0 Å². The second-order valence-corrected chi connectivity index (χ2v) is 13.1. The van der Waals surface area contributed by atoms with Gasteiger partial charge in [-0.3, -0.25) is 13.9 Å². The average Bonchev–Trinajstić information content (AvgIpc) is 3.04. The van der Waals surface area contributed by atoms with Gasteiger partial charge in [0, 0.05) is 18.7 Å². The predicted octanol–water partition coefficient (Wildman–Crippen LogP) is 5.12. The van der Waals surface area contributed by atoms with Gasteiger partial charge in [0.15, 0.2) is 11.5 Å². The Bertz CT molecular complexity index is 1510. The van der Waals surface area contributed by atoms with Crippen molar-refractivity contribution < 1.29 is 27.5 Å². The molecule has 1 unspecified atom stereocenters. The summed E-state index contributed by atoms with van der Waals surface area (Å²) in [6.07, 6.45) is 5.64. The van der Waals surface area contributed by atoms with Crippen LogP contribution in [-0.4, -0.2) is 64.5 Å². The molecule has 0 bridgehead atoms. The second-order valence-electron chi connectivity index (χ2n) is 11.2. The van der Waals surface area contributed by atoms with Crippen molar-refractivity contribution >= 4 is 27.5 Å². The molecule has 236 valence electrons. The number of benzene rings is 3. The summed E-state index contributed by atoms with van der Waals surface area (Å²) < 4.78 is 40.1. The fraction of sp³-hybridized carbons (Fsp3) is 0.412. The highest BCUT2D eigenvalue weighted by Crippen LogP contribution is 2.32. The molecule has 2 amide bonds. The molecule has 9 nitrogen and oxygen atoms in total. The number of aryl methyl sites for hydroxylation is 1. The maximum Gasteiger partial charge on any atom is 0.264 e. The van der Waals surface area contributed by atoms with E-state index in [1.165, 1.54) is 37.3 Å². The molecule has 4 rings (SSSR count). The van der Waals surface area contributed by atoms with E-state index in [0.29, 0.717) is 17.9 Å². The Morgan fingerprint density at radius 2 is 1.57 bits per heavy atom. The van der Waals surface area contributed by atoms with Gasteiger partial charge in [0.05, 0.1) is 24.8 Å². The topological polar surface area (TPSA) is 105 Å². The minimum atomic E-state index is -4.24. The molecule has 1 N–H and O–H groups in total. The van der Waals surface area contributed by atoms with Crippen LogP contribution >= 0.6 is 0 Å². The Morgan fingerprint density at radius 3 is 2.20 bits per heavy atom. The number of carbonyl (C=O) groups is 2. The van der Waals surface area contributed by atoms with Gasteiger partial charge in [0.2, 0.25) is 11.8 Å². The van der Waals surface area contributed by atoms with E-state index in [0.717, 1.165) is 47.5 Å². The van der Waals surface area contributed by atoms with Crippen LogP contribution in [0.15, 0.2) is 77.7 Å². The third-order valence-corrected chi connectivity index (χ3v) is 9.92. The molecule has 10 heteroatoms. The molecule has 0 aromatic heterocycles. The molecule has 3 aromatic rings. The number of rotatable bonds is 13. The number of sulfonamides is 1. The number of carbonyl (C=O) groups excluding carboxylic acids is 2. The zero-order valence-electron chi connectivity index (χ0n) is 26.0. The number of hydrogen-bond acceptors (Lipinski definition) is 6. The van der Waals surface area contributed by atoms with Crippen molar-refractivity contribution in [3.8, 4) is 11.5 Å². The van der Waals surface area contributed by atoms with E-state index in [2.05, 4.69) is 5.32 Å². The van der Waals surface area contributed by atoms with Gasteiger partial charge >= 0.3 is 0 Å². The number of nitrogens with zero attached hydrogens (tertiary/aromatic N) is 2. The highest BCUT2D eigenvalue weighted by Gasteiger charge is 2.33. The van der Waals surface area contributed by atoms with Gasteiger partial charge in [0.1, 0.15) is 12.6 Å². The molecule has 1 aliphatic carbocycles. The molecule has 1 aliphatic rings. The van der Waals surface area contributed by atoms with Crippen molar-refractivity contribution in [1.82, 2.24) is 10.2 Å². The van der Waals surface area contributed by atoms with E-state index < -0.39 is 28.5 Å². The zero-order valence-corrected chi connectivity index (χ0v) is 26.8. The zero-order chi connectivity index (χ0) is 31.7. The highest BCUT2D eigenvalue weighted by molar-refractivity contribution is 7.92. The van der Waals surface area contributed by atoms with E-state index in [9.17, 15) is 18.0 Å². The Kier molecular flexibility index (Phi) is 11.3. The smallest absolute Gasteiger partial charge is 0.264 e. The van der Waals surface area contributed by atoms with Crippen molar-refractivity contribution in [3.05, 3.63) is 83.9 Å². The van der Waals surface area contributed by atoms with E-state index >= 15 is 0 Å². The standard InChI is InChI=1S/C34H43N3O6S/c1-25-15-17-29(18-16-25)37(44(40,41)30-19-20-31(42-3)32(23-30)43-4)24-33(38)36(22-21-27-11-7-5-8-12-27)26(2)34(39)35-28-13-9-6-10-14-28/h5,7-8,11-12,15-20,23,26,28H,6,9-10,13-14,21-22,24H2,1-4H3,(H,35,39). The van der Waals surface area contributed by atoms with Crippen LogP contribution in [-0.2, 0) is 26.0 Å². The Labute approximate surface area is 261 Å². The summed E-state index contributed by atoms with van der Waals surface area (Å²) in [5.41, 5.74) is 2.29. The minimum absolute atomic E-state index is 0.0533. The summed E-state index contributed by atoms with van der Waals surface area (Å²) >= 11 is 0. The molecule has 1 fully saturated rings. The average molecular weight is 622 g/mol. The Morgan fingerprint density at radius 1 is 0.909 bits per heavy atom. The lowest BCUT2D eigenvalue weighted by Crippen LogP contribution is -2.53. The first kappa shape index (κ1) is 32.9. The van der Waals surface area contributed by atoms with Crippen molar-refractivity contribution in [2.45, 2.75) is 69.4 Å². The van der Waals surface area contributed by atoms with Gasteiger partial charge in [-0.2, -0.15) is 0 Å². The summed E-state index contributed by atoms with van der Waals surface area (Å²) in [6, 6.07) is 20.3. The number of hydrogen-bond donors (Lipinski definition) is 1. The molecule has 0 saturated heterocycles. The molecule has 1 saturated carbocycles.